The highest BCUT2D eigenvalue weighted by molar-refractivity contribution is 7.93. The van der Waals surface area contributed by atoms with Crippen molar-refractivity contribution in [3.05, 3.63) is 54.1 Å². The highest BCUT2D eigenvalue weighted by Gasteiger charge is 2.36. The molecule has 0 unspecified atom stereocenters. The number of amides is 1. The first-order valence-corrected chi connectivity index (χ1v) is 11.3. The maximum atomic E-state index is 12.9. The summed E-state index contributed by atoms with van der Waals surface area (Å²) in [5.41, 5.74) is 1.16. The number of nitrogens with one attached hydrogen (secondary N) is 2. The lowest BCUT2D eigenvalue weighted by atomic mass is 10.1. The number of ether oxygens (including phenoxy) is 1. The molecule has 7 heteroatoms. The van der Waals surface area contributed by atoms with Crippen LogP contribution in [0.4, 0.5) is 11.4 Å². The molecule has 2 aromatic rings. The quantitative estimate of drug-likeness (QED) is 0.731. The van der Waals surface area contributed by atoms with Gasteiger partial charge in [-0.1, -0.05) is 24.3 Å². The number of hydrogen-bond donors (Lipinski definition) is 2. The summed E-state index contributed by atoms with van der Waals surface area (Å²) in [6, 6.07) is 14.0. The molecule has 2 aliphatic carbocycles. The van der Waals surface area contributed by atoms with Gasteiger partial charge in [-0.05, 0) is 62.8 Å². The van der Waals surface area contributed by atoms with Crippen LogP contribution in [0.1, 0.15) is 48.9 Å². The lowest BCUT2D eigenvalue weighted by molar-refractivity contribution is 0.102. The summed E-state index contributed by atoms with van der Waals surface area (Å²) in [6.07, 6.45) is 5.87. The van der Waals surface area contributed by atoms with E-state index in [1.54, 1.807) is 30.3 Å². The van der Waals surface area contributed by atoms with Gasteiger partial charge >= 0.3 is 0 Å². The van der Waals surface area contributed by atoms with Crippen LogP contribution in [0.25, 0.3) is 0 Å². The predicted octanol–water partition coefficient (Wildman–Crippen LogP) is 4.16. The number of carbonyl (C=O) groups is 1. The summed E-state index contributed by atoms with van der Waals surface area (Å²) in [5.74, 6) is 0.260. The zero-order chi connectivity index (χ0) is 19.6. The molecule has 4 rings (SSSR count). The van der Waals surface area contributed by atoms with Gasteiger partial charge in [-0.2, -0.15) is 0 Å². The molecule has 2 N–H and O–H groups in total. The number of benzene rings is 2. The van der Waals surface area contributed by atoms with Crippen molar-refractivity contribution < 1.29 is 17.9 Å². The maximum Gasteiger partial charge on any atom is 0.257 e. The SMILES string of the molecule is O=C(Nc1ccccc1OC1CCCC1)c1ccccc1NS(=O)(=O)C1CC1. The molecule has 0 saturated heterocycles. The van der Waals surface area contributed by atoms with Crippen LogP contribution >= 0.6 is 0 Å². The molecular formula is C21H24N2O4S. The molecule has 2 saturated carbocycles. The van der Waals surface area contributed by atoms with Gasteiger partial charge < -0.3 is 10.1 Å². The van der Waals surface area contributed by atoms with Gasteiger partial charge in [-0.25, -0.2) is 8.42 Å². The molecule has 0 aliphatic heterocycles. The highest BCUT2D eigenvalue weighted by Crippen LogP contribution is 2.32. The Morgan fingerprint density at radius 2 is 1.54 bits per heavy atom. The van der Waals surface area contributed by atoms with Gasteiger partial charge in [0.2, 0.25) is 10.0 Å². The van der Waals surface area contributed by atoms with Crippen LogP contribution in [0.3, 0.4) is 0 Å². The van der Waals surface area contributed by atoms with E-state index in [1.165, 1.54) is 0 Å². The molecule has 0 heterocycles. The van der Waals surface area contributed by atoms with E-state index in [-0.39, 0.29) is 22.8 Å². The zero-order valence-corrected chi connectivity index (χ0v) is 16.4. The Kier molecular flexibility index (Phi) is 5.26. The third-order valence-electron chi connectivity index (χ3n) is 5.12. The van der Waals surface area contributed by atoms with Crippen molar-refractivity contribution in [3.8, 4) is 5.75 Å². The van der Waals surface area contributed by atoms with Gasteiger partial charge in [-0.15, -0.1) is 0 Å². The second-order valence-corrected chi connectivity index (χ2v) is 9.33. The predicted molar refractivity (Wildman–Crippen MR) is 109 cm³/mol. The fourth-order valence-corrected chi connectivity index (χ4v) is 4.84. The van der Waals surface area contributed by atoms with Crippen molar-refractivity contribution in [1.29, 1.82) is 0 Å². The van der Waals surface area contributed by atoms with Crippen LogP contribution in [0, 0.1) is 0 Å². The minimum Gasteiger partial charge on any atom is -0.488 e. The van der Waals surface area contributed by atoms with E-state index in [0.717, 1.165) is 25.7 Å². The molecule has 0 atom stereocenters. The van der Waals surface area contributed by atoms with Gasteiger partial charge in [0.05, 0.1) is 28.3 Å². The summed E-state index contributed by atoms with van der Waals surface area (Å²) >= 11 is 0. The van der Waals surface area contributed by atoms with Crippen molar-refractivity contribution in [2.45, 2.75) is 49.9 Å². The van der Waals surface area contributed by atoms with Gasteiger partial charge in [-0.3, -0.25) is 9.52 Å². The van der Waals surface area contributed by atoms with E-state index < -0.39 is 10.0 Å². The number of sulfonamides is 1. The van der Waals surface area contributed by atoms with Gasteiger partial charge in [0.1, 0.15) is 5.75 Å². The monoisotopic (exact) mass is 400 g/mol. The first kappa shape index (κ1) is 18.8. The molecule has 2 aliphatic rings. The van der Waals surface area contributed by atoms with Gasteiger partial charge in [0.25, 0.3) is 5.91 Å². The minimum absolute atomic E-state index is 0.177. The van der Waals surface area contributed by atoms with Crippen molar-refractivity contribution in [2.24, 2.45) is 0 Å². The summed E-state index contributed by atoms with van der Waals surface area (Å²) in [5, 5.41) is 2.52. The van der Waals surface area contributed by atoms with E-state index in [1.807, 2.05) is 18.2 Å². The minimum atomic E-state index is -3.45. The van der Waals surface area contributed by atoms with Crippen molar-refractivity contribution in [1.82, 2.24) is 0 Å². The van der Waals surface area contributed by atoms with Crippen molar-refractivity contribution in [3.63, 3.8) is 0 Å². The topological polar surface area (TPSA) is 84.5 Å². The summed E-state index contributed by atoms with van der Waals surface area (Å²) in [7, 11) is -3.45. The standard InChI is InChI=1S/C21H24N2O4S/c24-21(17-9-3-4-10-18(17)23-28(25,26)16-13-14-16)22-19-11-5-6-12-20(19)27-15-7-1-2-8-15/h3-6,9-12,15-16,23H,1-2,7-8,13-14H2,(H,22,24). The molecule has 0 aromatic heterocycles. The highest BCUT2D eigenvalue weighted by atomic mass is 32.2. The first-order chi connectivity index (χ1) is 13.5. The Bertz CT molecular complexity index is 964. The average molecular weight is 401 g/mol. The fraction of sp³-hybridized carbons (Fsp3) is 0.381. The van der Waals surface area contributed by atoms with Crippen LogP contribution < -0.4 is 14.8 Å². The molecule has 0 bridgehead atoms. The Morgan fingerprint density at radius 3 is 2.25 bits per heavy atom. The van der Waals surface area contributed by atoms with Crippen LogP contribution in [0.15, 0.2) is 48.5 Å². The van der Waals surface area contributed by atoms with E-state index in [4.69, 9.17) is 4.74 Å². The second kappa shape index (κ2) is 7.83. The van der Waals surface area contributed by atoms with E-state index in [9.17, 15) is 13.2 Å². The lowest BCUT2D eigenvalue weighted by Crippen LogP contribution is -2.21. The first-order valence-electron chi connectivity index (χ1n) is 9.70. The third kappa shape index (κ3) is 4.30. The van der Waals surface area contributed by atoms with E-state index in [0.29, 0.717) is 30.0 Å². The summed E-state index contributed by atoms with van der Waals surface area (Å²) in [4.78, 5) is 12.9. The molecule has 28 heavy (non-hydrogen) atoms. The van der Waals surface area contributed by atoms with E-state index in [2.05, 4.69) is 10.0 Å². The summed E-state index contributed by atoms with van der Waals surface area (Å²) < 4.78 is 33.2. The molecule has 0 radical (unpaired) electrons. The molecule has 2 aromatic carbocycles. The Labute approximate surface area is 165 Å². The zero-order valence-electron chi connectivity index (χ0n) is 15.6. The summed E-state index contributed by atoms with van der Waals surface area (Å²) in [6.45, 7) is 0. The molecule has 0 spiro atoms. The molecule has 148 valence electrons. The number of para-hydroxylation sites is 3. The second-order valence-electron chi connectivity index (χ2n) is 7.37. The Morgan fingerprint density at radius 1 is 0.893 bits per heavy atom. The maximum absolute atomic E-state index is 12.9. The normalized spacial score (nSPS) is 17.3. The number of anilines is 2. The fourth-order valence-electron chi connectivity index (χ4n) is 3.43. The van der Waals surface area contributed by atoms with E-state index >= 15 is 0 Å². The number of hydrogen-bond acceptors (Lipinski definition) is 4. The molecule has 6 nitrogen and oxygen atoms in total. The van der Waals surface area contributed by atoms with Crippen LogP contribution in [0.2, 0.25) is 0 Å². The molecule has 1 amide bonds. The molecule has 2 fully saturated rings. The Hall–Kier alpha value is -2.54. The number of carbonyl (C=O) groups excluding carboxylic acids is 1. The number of rotatable bonds is 7. The van der Waals surface area contributed by atoms with Crippen LogP contribution in [0.5, 0.6) is 5.75 Å². The average Bonchev–Trinajstić information content (AvgIpc) is 3.43. The largest absolute Gasteiger partial charge is 0.488 e. The van der Waals surface area contributed by atoms with Crippen LogP contribution in [-0.4, -0.2) is 25.7 Å². The van der Waals surface area contributed by atoms with Crippen molar-refractivity contribution >= 4 is 27.3 Å². The van der Waals surface area contributed by atoms with Gasteiger partial charge in [0, 0.05) is 0 Å². The lowest BCUT2D eigenvalue weighted by Gasteiger charge is -2.17. The van der Waals surface area contributed by atoms with Crippen molar-refractivity contribution in [2.75, 3.05) is 10.0 Å². The third-order valence-corrected chi connectivity index (χ3v) is 6.97. The van der Waals surface area contributed by atoms with Crippen LogP contribution in [-0.2, 0) is 10.0 Å². The smallest absolute Gasteiger partial charge is 0.257 e. The molecular weight excluding hydrogens is 376 g/mol. The van der Waals surface area contributed by atoms with Gasteiger partial charge in [0.15, 0.2) is 0 Å². The Balaban J connectivity index is 1.53.